The van der Waals surface area contributed by atoms with Crippen molar-refractivity contribution in [1.29, 1.82) is 0 Å². The number of fused-ring (bicyclic) bond motifs is 5. The molecule has 5 nitrogen and oxygen atoms in total. The minimum atomic E-state index is -1.59. The highest BCUT2D eigenvalue weighted by Crippen LogP contribution is 2.68. The van der Waals surface area contributed by atoms with Crippen LogP contribution in [0.1, 0.15) is 59.3 Å². The summed E-state index contributed by atoms with van der Waals surface area (Å²) in [6.45, 7) is 5.36. The van der Waals surface area contributed by atoms with E-state index in [1.54, 1.807) is 0 Å². The van der Waals surface area contributed by atoms with Crippen LogP contribution in [0.4, 0.5) is 0 Å². The van der Waals surface area contributed by atoms with Crippen LogP contribution >= 0.6 is 0 Å². The number of hydrogen-bond donors (Lipinski definition) is 3. The number of allylic oxidation sites excluding steroid dienone is 1. The van der Waals surface area contributed by atoms with Gasteiger partial charge >= 0.3 is 0 Å². The van der Waals surface area contributed by atoms with Crippen molar-refractivity contribution in [3.05, 3.63) is 11.6 Å². The molecule has 0 aliphatic heterocycles. The van der Waals surface area contributed by atoms with E-state index in [1.165, 1.54) is 5.57 Å². The summed E-state index contributed by atoms with van der Waals surface area (Å²) >= 11 is 0. The fraction of sp³-hybridized carbons (Fsp3) is 0.818. The first-order valence-electron chi connectivity index (χ1n) is 10.4. The van der Waals surface area contributed by atoms with Crippen LogP contribution in [-0.2, 0) is 9.59 Å². The average Bonchev–Trinajstić information content (AvgIpc) is 2.82. The zero-order valence-corrected chi connectivity index (χ0v) is 16.6. The van der Waals surface area contributed by atoms with E-state index < -0.39 is 29.5 Å². The molecule has 0 unspecified atom stereocenters. The van der Waals surface area contributed by atoms with Gasteiger partial charge in [-0.2, -0.15) is 0 Å². The van der Waals surface area contributed by atoms with Gasteiger partial charge in [-0.05, 0) is 67.3 Å². The first kappa shape index (κ1) is 19.3. The standard InChI is InChI=1S/C22H32O5/c1-12-8-16-15-5-4-13-9-14(24)6-7-20(13,2)19(15)17(25)10-21(16,3)22(12,27)18(26)11-23/h9,12,15-17,19,23,25,27H,4-8,10-11H2,1-3H3/t12-,15+,16-,17-,19-,20+,21+,22+/m0/s1. The SMILES string of the molecule is C[C@H]1C[C@H]2[C@H]3CCC4=CC(=O)CC[C@@]4(C)[C@@H]3[C@@H](O)C[C@@]2(C)[C@]1(O)C(=O)CO. The highest BCUT2D eigenvalue weighted by Gasteiger charge is 2.70. The first-order chi connectivity index (χ1) is 12.6. The molecule has 3 saturated carbocycles. The van der Waals surface area contributed by atoms with Gasteiger partial charge in [0.1, 0.15) is 12.2 Å². The Kier molecular flexibility index (Phi) is 4.27. The van der Waals surface area contributed by atoms with Crippen molar-refractivity contribution in [1.82, 2.24) is 0 Å². The lowest BCUT2D eigenvalue weighted by Gasteiger charge is -2.60. The predicted molar refractivity (Wildman–Crippen MR) is 99.7 cm³/mol. The molecule has 0 radical (unpaired) electrons. The minimum Gasteiger partial charge on any atom is -0.393 e. The van der Waals surface area contributed by atoms with Crippen LogP contribution in [-0.4, -0.2) is 45.2 Å². The van der Waals surface area contributed by atoms with E-state index in [2.05, 4.69) is 6.92 Å². The van der Waals surface area contributed by atoms with Gasteiger partial charge in [-0.15, -0.1) is 0 Å². The summed E-state index contributed by atoms with van der Waals surface area (Å²) < 4.78 is 0. The van der Waals surface area contributed by atoms with E-state index >= 15 is 0 Å². The van der Waals surface area contributed by atoms with E-state index in [0.717, 1.165) is 25.7 Å². The Morgan fingerprint density at radius 3 is 2.67 bits per heavy atom. The second-order valence-electron chi connectivity index (χ2n) is 10.1. The zero-order chi connectivity index (χ0) is 19.8. The number of aliphatic hydroxyl groups is 3. The van der Waals surface area contributed by atoms with Crippen LogP contribution in [0.15, 0.2) is 11.6 Å². The molecule has 0 saturated heterocycles. The Bertz CT molecular complexity index is 713. The Balaban J connectivity index is 1.77. The number of rotatable bonds is 2. The molecule has 4 aliphatic rings. The van der Waals surface area contributed by atoms with Crippen LogP contribution in [0.25, 0.3) is 0 Å². The van der Waals surface area contributed by atoms with Crippen LogP contribution in [0, 0.1) is 34.5 Å². The van der Waals surface area contributed by atoms with E-state index in [4.69, 9.17) is 0 Å². The Labute approximate surface area is 160 Å². The van der Waals surface area contributed by atoms with Crippen molar-refractivity contribution in [3.8, 4) is 0 Å². The van der Waals surface area contributed by atoms with E-state index in [9.17, 15) is 24.9 Å². The van der Waals surface area contributed by atoms with Gasteiger partial charge in [0.25, 0.3) is 0 Å². The molecule has 0 aromatic rings. The van der Waals surface area contributed by atoms with Crippen molar-refractivity contribution in [3.63, 3.8) is 0 Å². The van der Waals surface area contributed by atoms with E-state index in [0.29, 0.717) is 12.8 Å². The monoisotopic (exact) mass is 376 g/mol. The Morgan fingerprint density at radius 1 is 1.30 bits per heavy atom. The minimum absolute atomic E-state index is 0.0578. The van der Waals surface area contributed by atoms with Crippen LogP contribution in [0.3, 0.4) is 0 Å². The summed E-state index contributed by atoms with van der Waals surface area (Å²) in [4.78, 5) is 24.5. The second-order valence-corrected chi connectivity index (χ2v) is 10.1. The number of hydrogen-bond acceptors (Lipinski definition) is 5. The van der Waals surface area contributed by atoms with Crippen molar-refractivity contribution in [2.45, 2.75) is 71.0 Å². The molecule has 4 aliphatic carbocycles. The quantitative estimate of drug-likeness (QED) is 0.685. The first-order valence-corrected chi connectivity index (χ1v) is 10.4. The summed E-state index contributed by atoms with van der Waals surface area (Å²) in [5.41, 5.74) is -1.31. The highest BCUT2D eigenvalue weighted by atomic mass is 16.3. The van der Waals surface area contributed by atoms with Crippen LogP contribution in [0.2, 0.25) is 0 Å². The number of ketones is 2. The summed E-state index contributed by atoms with van der Waals surface area (Å²) in [5.74, 6) is -0.155. The Hall–Kier alpha value is -1.04. The van der Waals surface area contributed by atoms with Gasteiger partial charge in [0, 0.05) is 11.8 Å². The maximum Gasteiger partial charge on any atom is 0.190 e. The Morgan fingerprint density at radius 2 is 2.00 bits per heavy atom. The third-order valence-corrected chi connectivity index (χ3v) is 9.05. The molecule has 150 valence electrons. The molecule has 5 heteroatoms. The third-order valence-electron chi connectivity index (χ3n) is 9.05. The number of carbonyl (C=O) groups excluding carboxylic acids is 2. The fourth-order valence-corrected chi connectivity index (χ4v) is 7.74. The molecule has 8 atom stereocenters. The molecule has 0 amide bonds. The molecular weight excluding hydrogens is 344 g/mol. The smallest absolute Gasteiger partial charge is 0.190 e. The fourth-order valence-electron chi connectivity index (χ4n) is 7.74. The highest BCUT2D eigenvalue weighted by molar-refractivity contribution is 5.92. The number of carbonyl (C=O) groups is 2. The molecule has 27 heavy (non-hydrogen) atoms. The maximum atomic E-state index is 12.6. The van der Waals surface area contributed by atoms with Gasteiger partial charge in [0.2, 0.25) is 0 Å². The summed E-state index contributed by atoms with van der Waals surface area (Å²) in [6.07, 6.45) is 5.32. The molecule has 0 heterocycles. The van der Waals surface area contributed by atoms with Gasteiger partial charge in [0.05, 0.1) is 6.10 Å². The second kappa shape index (κ2) is 5.98. The predicted octanol–water partition coefficient (Wildman–Crippen LogP) is 2.03. The topological polar surface area (TPSA) is 94.8 Å². The summed E-state index contributed by atoms with van der Waals surface area (Å²) in [5, 5.41) is 32.2. The molecule has 3 N–H and O–H groups in total. The van der Waals surface area contributed by atoms with Gasteiger partial charge in [-0.1, -0.05) is 26.3 Å². The van der Waals surface area contributed by atoms with Crippen LogP contribution in [0.5, 0.6) is 0 Å². The number of aliphatic hydroxyl groups excluding tert-OH is 2. The normalized spacial score (nSPS) is 51.9. The lowest BCUT2D eigenvalue weighted by atomic mass is 9.45. The molecular formula is C22H32O5. The van der Waals surface area contributed by atoms with Gasteiger partial charge in [0.15, 0.2) is 11.6 Å². The van der Waals surface area contributed by atoms with E-state index in [-0.39, 0.29) is 34.9 Å². The summed E-state index contributed by atoms with van der Waals surface area (Å²) in [6, 6.07) is 0. The van der Waals surface area contributed by atoms with Gasteiger partial charge in [-0.25, -0.2) is 0 Å². The molecule has 4 rings (SSSR count). The zero-order valence-electron chi connectivity index (χ0n) is 16.6. The van der Waals surface area contributed by atoms with Crippen LogP contribution < -0.4 is 0 Å². The maximum absolute atomic E-state index is 12.6. The third kappa shape index (κ3) is 2.28. The number of Topliss-reactive ketones (excluding diaryl/α,β-unsaturated/α-hetero) is 1. The summed E-state index contributed by atoms with van der Waals surface area (Å²) in [7, 11) is 0. The van der Waals surface area contributed by atoms with Crippen molar-refractivity contribution < 1.29 is 24.9 Å². The molecule has 0 aromatic carbocycles. The lowest BCUT2D eigenvalue weighted by molar-refractivity contribution is -0.187. The lowest BCUT2D eigenvalue weighted by Crippen LogP contribution is -2.63. The van der Waals surface area contributed by atoms with Crippen molar-refractivity contribution >= 4 is 11.6 Å². The average molecular weight is 376 g/mol. The molecule has 0 bridgehead atoms. The molecule has 3 fully saturated rings. The molecule has 0 aromatic heterocycles. The van der Waals surface area contributed by atoms with Gasteiger partial charge < -0.3 is 15.3 Å². The van der Waals surface area contributed by atoms with Crippen molar-refractivity contribution in [2.24, 2.45) is 34.5 Å². The van der Waals surface area contributed by atoms with Crippen molar-refractivity contribution in [2.75, 3.05) is 6.61 Å². The van der Waals surface area contributed by atoms with E-state index in [1.807, 2.05) is 19.9 Å². The largest absolute Gasteiger partial charge is 0.393 e. The molecule has 0 spiro atoms. The van der Waals surface area contributed by atoms with Gasteiger partial charge in [-0.3, -0.25) is 9.59 Å².